The third-order valence-corrected chi connectivity index (χ3v) is 7.42. The summed E-state index contributed by atoms with van der Waals surface area (Å²) in [5.41, 5.74) is 1.62. The highest BCUT2D eigenvalue weighted by Crippen LogP contribution is 2.33. The van der Waals surface area contributed by atoms with E-state index in [0.29, 0.717) is 17.9 Å². The standard InChI is InChI=1S/C13H15NO3S.C12H23N/c1-8(7-18)12(15)14-10-5-3-2-4-9(10)6-11(14)13(16)17;1-3-7-11(8-4-1)13-12-9-5-2-6-10-12/h2-5,8,11,18H,6-7H2,1H3,(H,16,17);11-13H,1-10H2. The van der Waals surface area contributed by atoms with Crippen LogP contribution >= 0.6 is 12.6 Å². The molecule has 0 bridgehead atoms. The number of carbonyl (C=O) groups is 2. The van der Waals surface area contributed by atoms with Crippen LogP contribution in [0.1, 0.15) is 76.7 Å². The van der Waals surface area contributed by atoms with Gasteiger partial charge in [-0.1, -0.05) is 63.6 Å². The predicted octanol–water partition coefficient (Wildman–Crippen LogP) is 4.84. The van der Waals surface area contributed by atoms with Gasteiger partial charge >= 0.3 is 5.97 Å². The molecule has 0 saturated heterocycles. The predicted molar refractivity (Wildman–Crippen MR) is 129 cm³/mol. The number of nitrogens with zero attached hydrogens (tertiary/aromatic N) is 1. The van der Waals surface area contributed by atoms with E-state index in [1.54, 1.807) is 13.0 Å². The number of benzene rings is 1. The van der Waals surface area contributed by atoms with Gasteiger partial charge in [0.15, 0.2) is 0 Å². The lowest BCUT2D eigenvalue weighted by atomic mass is 9.91. The van der Waals surface area contributed by atoms with Gasteiger partial charge in [-0.3, -0.25) is 9.69 Å². The van der Waals surface area contributed by atoms with Gasteiger partial charge in [-0.25, -0.2) is 4.79 Å². The second-order valence-electron chi connectivity index (χ2n) is 9.32. The Kier molecular flexibility index (Phi) is 9.27. The molecule has 2 aliphatic carbocycles. The Balaban J connectivity index is 0.000000185. The van der Waals surface area contributed by atoms with Crippen LogP contribution in [0, 0.1) is 5.92 Å². The summed E-state index contributed by atoms with van der Waals surface area (Å²) in [7, 11) is 0. The number of nitrogens with one attached hydrogen (secondary N) is 1. The van der Waals surface area contributed by atoms with Gasteiger partial charge in [0.25, 0.3) is 0 Å². The number of rotatable bonds is 5. The minimum atomic E-state index is -0.967. The average Bonchev–Trinajstić information content (AvgIpc) is 3.20. The fourth-order valence-corrected chi connectivity index (χ4v) is 5.20. The largest absolute Gasteiger partial charge is 0.480 e. The van der Waals surface area contributed by atoms with Gasteiger partial charge in [-0.15, -0.1) is 0 Å². The monoisotopic (exact) mass is 446 g/mol. The van der Waals surface area contributed by atoms with Crippen LogP contribution in [0.5, 0.6) is 0 Å². The molecule has 2 unspecified atom stereocenters. The number of para-hydroxylation sites is 1. The summed E-state index contributed by atoms with van der Waals surface area (Å²) in [6.45, 7) is 1.76. The first-order valence-electron chi connectivity index (χ1n) is 12.0. The lowest BCUT2D eigenvalue weighted by Gasteiger charge is -2.30. The van der Waals surface area contributed by atoms with Crippen molar-refractivity contribution < 1.29 is 14.7 Å². The summed E-state index contributed by atoms with van der Waals surface area (Å²) in [6.07, 6.45) is 14.9. The summed E-state index contributed by atoms with van der Waals surface area (Å²) < 4.78 is 0. The molecule has 1 aromatic carbocycles. The number of carboxylic acid groups (broad SMARTS) is 1. The zero-order valence-electron chi connectivity index (χ0n) is 18.8. The third-order valence-electron chi connectivity index (χ3n) is 6.88. The van der Waals surface area contributed by atoms with E-state index in [0.717, 1.165) is 17.6 Å². The highest BCUT2D eigenvalue weighted by molar-refractivity contribution is 7.80. The van der Waals surface area contributed by atoms with Crippen LogP contribution in [0.4, 0.5) is 5.69 Å². The number of fused-ring (bicyclic) bond motifs is 1. The van der Waals surface area contributed by atoms with Crippen molar-refractivity contribution in [2.24, 2.45) is 5.92 Å². The SMILES string of the molecule is C1CCC(NC2CCCCC2)CC1.CC(CS)C(=O)N1c2ccccc2CC1C(=O)O. The maximum Gasteiger partial charge on any atom is 0.327 e. The smallest absolute Gasteiger partial charge is 0.327 e. The Labute approximate surface area is 192 Å². The number of thiol groups is 1. The Morgan fingerprint density at radius 1 is 1.03 bits per heavy atom. The molecule has 172 valence electrons. The topological polar surface area (TPSA) is 69.6 Å². The maximum absolute atomic E-state index is 12.3. The third kappa shape index (κ3) is 6.48. The van der Waals surface area contributed by atoms with Crippen molar-refractivity contribution in [3.63, 3.8) is 0 Å². The van der Waals surface area contributed by atoms with E-state index in [9.17, 15) is 14.7 Å². The van der Waals surface area contributed by atoms with Crippen LogP contribution in [0.3, 0.4) is 0 Å². The van der Waals surface area contributed by atoms with Crippen LogP contribution < -0.4 is 10.2 Å². The van der Waals surface area contributed by atoms with Gasteiger partial charge < -0.3 is 10.4 Å². The van der Waals surface area contributed by atoms with Crippen molar-refractivity contribution in [1.29, 1.82) is 0 Å². The van der Waals surface area contributed by atoms with E-state index in [2.05, 4.69) is 17.9 Å². The summed E-state index contributed by atoms with van der Waals surface area (Å²) in [4.78, 5) is 25.0. The van der Waals surface area contributed by atoms with E-state index in [-0.39, 0.29) is 11.8 Å². The van der Waals surface area contributed by atoms with Crippen molar-refractivity contribution >= 4 is 30.2 Å². The molecular weight excluding hydrogens is 408 g/mol. The number of amides is 1. The normalized spacial score (nSPS) is 22.9. The molecule has 6 heteroatoms. The van der Waals surface area contributed by atoms with Gasteiger partial charge in [0.05, 0.1) is 0 Å². The van der Waals surface area contributed by atoms with Crippen molar-refractivity contribution in [2.45, 2.75) is 95.7 Å². The van der Waals surface area contributed by atoms with Gasteiger partial charge in [0, 0.05) is 35.9 Å². The highest BCUT2D eigenvalue weighted by Gasteiger charge is 2.39. The Morgan fingerprint density at radius 2 is 1.58 bits per heavy atom. The van der Waals surface area contributed by atoms with Gasteiger partial charge in [0.1, 0.15) is 6.04 Å². The molecule has 2 N–H and O–H groups in total. The van der Waals surface area contributed by atoms with Crippen molar-refractivity contribution in [3.8, 4) is 0 Å². The van der Waals surface area contributed by atoms with E-state index in [1.165, 1.54) is 69.1 Å². The molecule has 0 radical (unpaired) electrons. The quantitative estimate of drug-likeness (QED) is 0.566. The van der Waals surface area contributed by atoms with E-state index >= 15 is 0 Å². The van der Waals surface area contributed by atoms with Crippen LogP contribution in [-0.2, 0) is 16.0 Å². The molecule has 0 aromatic heterocycles. The molecule has 31 heavy (non-hydrogen) atoms. The van der Waals surface area contributed by atoms with Gasteiger partial charge in [0.2, 0.25) is 5.91 Å². The Morgan fingerprint density at radius 3 is 2.10 bits per heavy atom. The average molecular weight is 447 g/mol. The zero-order chi connectivity index (χ0) is 22.2. The number of carboxylic acids is 1. The molecule has 0 spiro atoms. The molecule has 3 aliphatic rings. The molecular formula is C25H38N2O3S. The maximum atomic E-state index is 12.3. The fourth-order valence-electron chi connectivity index (χ4n) is 5.04. The molecule has 1 aromatic rings. The summed E-state index contributed by atoms with van der Waals surface area (Å²) in [5, 5.41) is 13.1. The summed E-state index contributed by atoms with van der Waals surface area (Å²) >= 11 is 4.10. The lowest BCUT2D eigenvalue weighted by molar-refractivity contribution is -0.140. The zero-order valence-corrected chi connectivity index (χ0v) is 19.7. The number of aliphatic carboxylic acids is 1. The molecule has 2 fully saturated rings. The van der Waals surface area contributed by atoms with Crippen LogP contribution in [0.2, 0.25) is 0 Å². The van der Waals surface area contributed by atoms with Crippen molar-refractivity contribution in [3.05, 3.63) is 29.8 Å². The highest BCUT2D eigenvalue weighted by atomic mass is 32.1. The first kappa shape index (κ1) is 24.1. The Hall–Kier alpha value is -1.53. The van der Waals surface area contributed by atoms with Crippen LogP contribution in [0.15, 0.2) is 24.3 Å². The summed E-state index contributed by atoms with van der Waals surface area (Å²) in [6, 6.07) is 8.28. The minimum Gasteiger partial charge on any atom is -0.480 e. The van der Waals surface area contributed by atoms with E-state index < -0.39 is 12.0 Å². The van der Waals surface area contributed by atoms with E-state index in [4.69, 9.17) is 0 Å². The Bertz CT molecular complexity index is 713. The molecule has 1 heterocycles. The number of hydrogen-bond acceptors (Lipinski definition) is 4. The first-order chi connectivity index (χ1) is 15.0. The van der Waals surface area contributed by atoms with E-state index in [1.807, 2.05) is 18.2 Å². The number of anilines is 1. The van der Waals surface area contributed by atoms with Gasteiger partial charge in [-0.05, 0) is 37.3 Å². The molecule has 4 rings (SSSR count). The molecule has 1 amide bonds. The fraction of sp³-hybridized carbons (Fsp3) is 0.680. The second-order valence-corrected chi connectivity index (χ2v) is 9.68. The van der Waals surface area contributed by atoms with Gasteiger partial charge in [-0.2, -0.15) is 12.6 Å². The number of hydrogen-bond donors (Lipinski definition) is 3. The second kappa shape index (κ2) is 11.9. The lowest BCUT2D eigenvalue weighted by Crippen LogP contribution is -2.45. The van der Waals surface area contributed by atoms with Crippen molar-refractivity contribution in [1.82, 2.24) is 5.32 Å². The van der Waals surface area contributed by atoms with Crippen molar-refractivity contribution in [2.75, 3.05) is 10.7 Å². The van der Waals surface area contributed by atoms with Crippen LogP contribution in [-0.4, -0.2) is 40.9 Å². The molecule has 1 aliphatic heterocycles. The number of carbonyl (C=O) groups excluding carboxylic acids is 1. The van der Waals surface area contributed by atoms with Crippen LogP contribution in [0.25, 0.3) is 0 Å². The molecule has 5 nitrogen and oxygen atoms in total. The molecule has 2 atom stereocenters. The summed E-state index contributed by atoms with van der Waals surface area (Å²) in [5.74, 6) is -1.03. The first-order valence-corrected chi connectivity index (χ1v) is 12.6. The molecule has 2 saturated carbocycles. The minimum absolute atomic E-state index is 0.178.